The molecule has 3 atom stereocenters. The Hall–Kier alpha value is -4.25. The maximum atomic E-state index is 13.3. The molecule has 3 unspecified atom stereocenters. The normalized spacial score (nSPS) is 23.1. The quantitative estimate of drug-likeness (QED) is 0.367. The molecule has 1 saturated carbocycles. The summed E-state index contributed by atoms with van der Waals surface area (Å²) in [7, 11) is 0. The molecule has 2 heterocycles. The van der Waals surface area contributed by atoms with Crippen LogP contribution < -0.4 is 15.0 Å². The number of anilines is 1. The van der Waals surface area contributed by atoms with E-state index in [1.54, 1.807) is 31.2 Å². The number of carboxylic acids is 1. The Morgan fingerprint density at radius 3 is 2.41 bits per heavy atom. The second-order valence-corrected chi connectivity index (χ2v) is 10.8. The van der Waals surface area contributed by atoms with Crippen molar-refractivity contribution in [3.63, 3.8) is 0 Å². The fourth-order valence-electron chi connectivity index (χ4n) is 5.96. The van der Waals surface area contributed by atoms with Crippen molar-refractivity contribution in [3.8, 4) is 5.75 Å². The molecule has 216 valence electrons. The number of nitrogens with zero attached hydrogens (tertiary/aromatic N) is 3. The number of carbonyl (C=O) groups is 5. The molecule has 41 heavy (non-hydrogen) atoms. The number of aryl methyl sites for hydroxylation is 1. The minimum absolute atomic E-state index is 0.00967. The number of imide groups is 2. The Bertz CT molecular complexity index is 1340. The van der Waals surface area contributed by atoms with Crippen LogP contribution in [0, 0.1) is 6.92 Å². The van der Waals surface area contributed by atoms with E-state index in [4.69, 9.17) is 9.84 Å². The van der Waals surface area contributed by atoms with E-state index in [-0.39, 0.29) is 30.1 Å². The number of rotatable bonds is 8. The SMILES string of the molecule is Cc1ccc(OC2CCC(N3CCN(c4ccc(C(=O)O)cc4)CC3)C2)cc1C(=O)N(C=O)C1CCC(=O)NC1=O. The Kier molecular flexibility index (Phi) is 8.34. The summed E-state index contributed by atoms with van der Waals surface area (Å²) in [5.41, 5.74) is 2.24. The molecule has 0 spiro atoms. The van der Waals surface area contributed by atoms with Gasteiger partial charge in [0.05, 0.1) is 5.56 Å². The van der Waals surface area contributed by atoms with E-state index >= 15 is 0 Å². The third-order valence-electron chi connectivity index (χ3n) is 8.30. The number of piperidine rings is 1. The monoisotopic (exact) mass is 562 g/mol. The number of benzene rings is 2. The van der Waals surface area contributed by atoms with Crippen molar-refractivity contribution in [2.45, 2.75) is 57.2 Å². The van der Waals surface area contributed by atoms with Gasteiger partial charge in [0.25, 0.3) is 5.91 Å². The van der Waals surface area contributed by atoms with Crippen LogP contribution in [0.5, 0.6) is 5.75 Å². The molecule has 11 heteroatoms. The molecule has 5 rings (SSSR count). The predicted molar refractivity (Wildman–Crippen MR) is 149 cm³/mol. The molecule has 4 amide bonds. The highest BCUT2D eigenvalue weighted by molar-refractivity contribution is 6.07. The molecule has 3 fully saturated rings. The molecule has 2 aromatic rings. The fraction of sp³-hybridized carbons (Fsp3) is 0.433. The molecule has 0 aromatic heterocycles. The summed E-state index contributed by atoms with van der Waals surface area (Å²) in [6, 6.07) is 11.6. The largest absolute Gasteiger partial charge is 0.490 e. The van der Waals surface area contributed by atoms with E-state index in [0.29, 0.717) is 23.8 Å². The average Bonchev–Trinajstić information content (AvgIpc) is 3.44. The van der Waals surface area contributed by atoms with Crippen LogP contribution in [0.15, 0.2) is 42.5 Å². The van der Waals surface area contributed by atoms with Crippen molar-refractivity contribution in [1.29, 1.82) is 0 Å². The molecule has 3 aliphatic rings. The number of amides is 4. The Labute approximate surface area is 238 Å². The Balaban J connectivity index is 1.16. The smallest absolute Gasteiger partial charge is 0.335 e. The molecular formula is C30H34N4O7. The van der Waals surface area contributed by atoms with E-state index in [2.05, 4.69) is 15.1 Å². The minimum atomic E-state index is -1.03. The molecule has 11 nitrogen and oxygen atoms in total. The maximum absolute atomic E-state index is 13.3. The third kappa shape index (κ3) is 6.25. The van der Waals surface area contributed by atoms with Gasteiger partial charge >= 0.3 is 5.97 Å². The van der Waals surface area contributed by atoms with Crippen LogP contribution in [-0.4, -0.2) is 89.4 Å². The van der Waals surface area contributed by atoms with Crippen LogP contribution in [-0.2, 0) is 14.4 Å². The second kappa shape index (κ2) is 12.1. The highest BCUT2D eigenvalue weighted by Gasteiger charge is 2.36. The number of hydrogen-bond acceptors (Lipinski definition) is 8. The van der Waals surface area contributed by atoms with Crippen molar-refractivity contribution >= 4 is 35.8 Å². The number of hydrogen-bond donors (Lipinski definition) is 2. The number of aromatic carboxylic acids is 1. The number of carboxylic acid groups (broad SMARTS) is 1. The van der Waals surface area contributed by atoms with E-state index in [9.17, 15) is 24.0 Å². The van der Waals surface area contributed by atoms with Crippen molar-refractivity contribution < 1.29 is 33.8 Å². The topological polar surface area (TPSA) is 137 Å². The van der Waals surface area contributed by atoms with Gasteiger partial charge in [-0.25, -0.2) is 4.79 Å². The lowest BCUT2D eigenvalue weighted by molar-refractivity contribution is -0.139. The predicted octanol–water partition coefficient (Wildman–Crippen LogP) is 2.22. The first-order valence-corrected chi connectivity index (χ1v) is 13.9. The van der Waals surface area contributed by atoms with E-state index in [1.807, 2.05) is 18.2 Å². The van der Waals surface area contributed by atoms with Gasteiger partial charge in [0.2, 0.25) is 18.2 Å². The van der Waals surface area contributed by atoms with Crippen molar-refractivity contribution in [2.75, 3.05) is 31.1 Å². The lowest BCUT2D eigenvalue weighted by atomic mass is 10.0. The molecule has 0 bridgehead atoms. The first kappa shape index (κ1) is 28.3. The zero-order valence-corrected chi connectivity index (χ0v) is 23.0. The van der Waals surface area contributed by atoms with Crippen LogP contribution >= 0.6 is 0 Å². The van der Waals surface area contributed by atoms with Crippen LogP contribution in [0.2, 0.25) is 0 Å². The van der Waals surface area contributed by atoms with Gasteiger partial charge in [-0.15, -0.1) is 0 Å². The highest BCUT2D eigenvalue weighted by Crippen LogP contribution is 2.31. The molecule has 2 aromatic carbocycles. The molecular weight excluding hydrogens is 528 g/mol. The summed E-state index contributed by atoms with van der Waals surface area (Å²) in [5.74, 6) is -2.06. The summed E-state index contributed by atoms with van der Waals surface area (Å²) in [4.78, 5) is 65.6. The first-order chi connectivity index (χ1) is 19.7. The first-order valence-electron chi connectivity index (χ1n) is 13.9. The number of ether oxygens (including phenoxy) is 1. The van der Waals surface area contributed by atoms with Gasteiger partial charge < -0.3 is 14.7 Å². The molecule has 2 saturated heterocycles. The van der Waals surface area contributed by atoms with E-state index in [1.165, 1.54) is 0 Å². The summed E-state index contributed by atoms with van der Waals surface area (Å²) in [6.07, 6.45) is 3.25. The number of carbonyl (C=O) groups excluding carboxylic acids is 4. The zero-order chi connectivity index (χ0) is 29.1. The third-order valence-corrected chi connectivity index (χ3v) is 8.30. The molecule has 2 aliphatic heterocycles. The van der Waals surface area contributed by atoms with Crippen LogP contribution in [0.4, 0.5) is 5.69 Å². The average molecular weight is 563 g/mol. The van der Waals surface area contributed by atoms with Gasteiger partial charge in [0, 0.05) is 49.9 Å². The number of piperazine rings is 1. The van der Waals surface area contributed by atoms with Gasteiger partial charge in [0.15, 0.2) is 0 Å². The lowest BCUT2D eigenvalue weighted by Gasteiger charge is -2.39. The standard InChI is InChI=1S/C30H34N4O7/c1-19-2-8-24(17-25(19)29(38)34(18-35)26-10-11-27(36)31-28(26)37)41-23-9-7-22(16-23)33-14-12-32(13-15-33)21-5-3-20(4-6-21)30(39)40/h2-6,8,17-18,22-23,26H,7,9-16H2,1H3,(H,39,40)(H,31,36,37). The molecule has 1 aliphatic carbocycles. The number of nitrogens with one attached hydrogen (secondary N) is 1. The van der Waals surface area contributed by atoms with Gasteiger partial charge in [-0.1, -0.05) is 6.07 Å². The van der Waals surface area contributed by atoms with Crippen LogP contribution in [0.3, 0.4) is 0 Å². The van der Waals surface area contributed by atoms with Crippen molar-refractivity contribution in [2.24, 2.45) is 0 Å². The lowest BCUT2D eigenvalue weighted by Crippen LogP contribution is -2.53. The summed E-state index contributed by atoms with van der Waals surface area (Å²) >= 11 is 0. The minimum Gasteiger partial charge on any atom is -0.490 e. The molecule has 2 N–H and O–H groups in total. The Morgan fingerprint density at radius 2 is 1.76 bits per heavy atom. The van der Waals surface area contributed by atoms with Gasteiger partial charge in [0.1, 0.15) is 17.9 Å². The van der Waals surface area contributed by atoms with E-state index in [0.717, 1.165) is 56.0 Å². The summed E-state index contributed by atoms with van der Waals surface area (Å²) in [5, 5.41) is 11.3. The summed E-state index contributed by atoms with van der Waals surface area (Å²) in [6.45, 7) is 5.29. The van der Waals surface area contributed by atoms with Gasteiger partial charge in [-0.05, 0) is 74.6 Å². The van der Waals surface area contributed by atoms with Crippen LogP contribution in [0.1, 0.15) is 58.4 Å². The summed E-state index contributed by atoms with van der Waals surface area (Å²) < 4.78 is 6.29. The molecule has 0 radical (unpaired) electrons. The highest BCUT2D eigenvalue weighted by atomic mass is 16.5. The van der Waals surface area contributed by atoms with Gasteiger partial charge in [-0.3, -0.25) is 34.3 Å². The second-order valence-electron chi connectivity index (χ2n) is 10.8. The van der Waals surface area contributed by atoms with Gasteiger partial charge in [-0.2, -0.15) is 0 Å². The fourth-order valence-corrected chi connectivity index (χ4v) is 5.96. The maximum Gasteiger partial charge on any atom is 0.335 e. The Morgan fingerprint density at radius 1 is 1.02 bits per heavy atom. The van der Waals surface area contributed by atoms with Crippen LogP contribution in [0.25, 0.3) is 0 Å². The zero-order valence-electron chi connectivity index (χ0n) is 23.0. The van der Waals surface area contributed by atoms with Crippen molar-refractivity contribution in [1.82, 2.24) is 15.1 Å². The van der Waals surface area contributed by atoms with Crippen molar-refractivity contribution in [3.05, 3.63) is 59.2 Å². The van der Waals surface area contributed by atoms with E-state index < -0.39 is 29.7 Å².